The molecule has 1 saturated heterocycles. The van der Waals surface area contributed by atoms with E-state index < -0.39 is 0 Å². The van der Waals surface area contributed by atoms with E-state index in [1.54, 1.807) is 12.1 Å². The molecule has 38 heavy (non-hydrogen) atoms. The van der Waals surface area contributed by atoms with Gasteiger partial charge in [0.15, 0.2) is 0 Å². The van der Waals surface area contributed by atoms with Gasteiger partial charge in [-0.15, -0.1) is 0 Å². The van der Waals surface area contributed by atoms with E-state index in [2.05, 4.69) is 52.8 Å². The van der Waals surface area contributed by atoms with Gasteiger partial charge in [-0.2, -0.15) is 10.2 Å². The molecule has 2 aromatic carbocycles. The average molecular weight is 518 g/mol. The van der Waals surface area contributed by atoms with Gasteiger partial charge in [0, 0.05) is 24.1 Å². The van der Waals surface area contributed by atoms with Gasteiger partial charge in [-0.3, -0.25) is 0 Å². The number of ether oxygens (including phenoxy) is 1. The Labute approximate surface area is 228 Å². The zero-order chi connectivity index (χ0) is 26.6. The van der Waals surface area contributed by atoms with Gasteiger partial charge >= 0.3 is 0 Å². The first-order valence-corrected chi connectivity index (χ1v) is 14.6. The summed E-state index contributed by atoms with van der Waals surface area (Å²) in [5.41, 5.74) is 6.66. The van der Waals surface area contributed by atoms with Crippen LogP contribution >= 0.6 is 0 Å². The zero-order valence-corrected chi connectivity index (χ0v) is 23.2. The molecule has 0 radical (unpaired) electrons. The molecular formula is C33H44FN3O. The smallest absolute Gasteiger partial charge is 0.123 e. The minimum Gasteiger partial charge on any atom is -0.380 e. The number of hydrogen-bond donors (Lipinski definition) is 1. The molecule has 0 spiro atoms. The van der Waals surface area contributed by atoms with Crippen molar-refractivity contribution in [1.29, 1.82) is 0 Å². The third kappa shape index (κ3) is 8.44. The summed E-state index contributed by atoms with van der Waals surface area (Å²) in [6.07, 6.45) is 12.3. The Bertz CT molecular complexity index is 1100. The molecule has 2 heterocycles. The molecule has 0 aliphatic carbocycles. The summed E-state index contributed by atoms with van der Waals surface area (Å²) in [6.45, 7) is 6.76. The van der Waals surface area contributed by atoms with Crippen molar-refractivity contribution in [3.05, 3.63) is 82.8 Å². The second-order valence-corrected chi connectivity index (χ2v) is 10.7. The van der Waals surface area contributed by atoms with Crippen LogP contribution in [0.1, 0.15) is 86.6 Å². The second-order valence-electron chi connectivity index (χ2n) is 10.7. The van der Waals surface area contributed by atoms with E-state index in [4.69, 9.17) is 4.74 Å². The number of aryl methyl sites for hydroxylation is 3. The maximum atomic E-state index is 13.3. The SMILES string of the molecule is CCCCCCCCc1ccc([C@H]2CCN[C@@H]2COCCCc2cc(-c3ccc(F)cc3)nnc2C)cc1. The van der Waals surface area contributed by atoms with Crippen molar-refractivity contribution in [2.45, 2.75) is 90.0 Å². The van der Waals surface area contributed by atoms with Crippen LogP contribution in [0.2, 0.25) is 0 Å². The maximum Gasteiger partial charge on any atom is 0.123 e. The van der Waals surface area contributed by atoms with Gasteiger partial charge < -0.3 is 10.1 Å². The fraction of sp³-hybridized carbons (Fsp3) is 0.515. The molecule has 0 amide bonds. The van der Waals surface area contributed by atoms with Crippen LogP contribution in [0.5, 0.6) is 0 Å². The van der Waals surface area contributed by atoms with Crippen LogP contribution in [0.4, 0.5) is 4.39 Å². The van der Waals surface area contributed by atoms with Crippen LogP contribution in [0.25, 0.3) is 11.3 Å². The van der Waals surface area contributed by atoms with E-state index >= 15 is 0 Å². The third-order valence-corrected chi connectivity index (χ3v) is 7.83. The van der Waals surface area contributed by atoms with Crippen molar-refractivity contribution >= 4 is 0 Å². The topological polar surface area (TPSA) is 47.0 Å². The second kappa shape index (κ2) is 15.1. The van der Waals surface area contributed by atoms with Crippen LogP contribution in [0.3, 0.4) is 0 Å². The number of aromatic nitrogens is 2. The summed E-state index contributed by atoms with van der Waals surface area (Å²) in [4.78, 5) is 0. The standard InChI is InChI=1S/C33H44FN3O/c1-3-4-5-6-7-8-10-26-12-14-27(15-13-26)31-20-21-35-33(31)24-38-22-9-11-29-23-32(37-36-25(29)2)28-16-18-30(34)19-17-28/h12-19,23,31,33,35H,3-11,20-22,24H2,1-2H3/t31-,33-/m1/s1. The first-order valence-electron chi connectivity index (χ1n) is 14.6. The molecule has 1 aliphatic rings. The monoisotopic (exact) mass is 517 g/mol. The van der Waals surface area contributed by atoms with E-state index in [-0.39, 0.29) is 5.82 Å². The van der Waals surface area contributed by atoms with Crippen molar-refractivity contribution in [1.82, 2.24) is 15.5 Å². The van der Waals surface area contributed by atoms with E-state index in [1.165, 1.54) is 80.2 Å². The van der Waals surface area contributed by atoms with Gasteiger partial charge in [0.2, 0.25) is 0 Å². The molecule has 3 aromatic rings. The number of nitrogens with zero attached hydrogens (tertiary/aromatic N) is 2. The van der Waals surface area contributed by atoms with Crippen LogP contribution in [0, 0.1) is 12.7 Å². The molecule has 0 bridgehead atoms. The Hall–Kier alpha value is -2.63. The molecule has 1 N–H and O–H groups in total. The lowest BCUT2D eigenvalue weighted by Gasteiger charge is -2.20. The Morgan fingerprint density at radius 1 is 0.895 bits per heavy atom. The van der Waals surface area contributed by atoms with Crippen LogP contribution < -0.4 is 5.32 Å². The molecule has 1 fully saturated rings. The van der Waals surface area contributed by atoms with Gasteiger partial charge in [-0.25, -0.2) is 4.39 Å². The van der Waals surface area contributed by atoms with Crippen LogP contribution in [-0.4, -0.2) is 36.0 Å². The van der Waals surface area contributed by atoms with Gasteiger partial charge in [0.1, 0.15) is 5.82 Å². The van der Waals surface area contributed by atoms with Crippen molar-refractivity contribution in [3.8, 4) is 11.3 Å². The largest absolute Gasteiger partial charge is 0.380 e. The van der Waals surface area contributed by atoms with E-state index in [0.29, 0.717) is 12.0 Å². The van der Waals surface area contributed by atoms with Gasteiger partial charge in [0.05, 0.1) is 18.0 Å². The van der Waals surface area contributed by atoms with Crippen molar-refractivity contribution in [2.75, 3.05) is 19.8 Å². The third-order valence-electron chi connectivity index (χ3n) is 7.83. The molecule has 204 valence electrons. The molecule has 2 atom stereocenters. The van der Waals surface area contributed by atoms with Crippen molar-refractivity contribution in [3.63, 3.8) is 0 Å². The summed E-state index contributed by atoms with van der Waals surface area (Å²) >= 11 is 0. The molecule has 4 rings (SSSR count). The quantitative estimate of drug-likeness (QED) is 0.211. The summed E-state index contributed by atoms with van der Waals surface area (Å²) in [5, 5.41) is 12.3. The molecule has 5 heteroatoms. The number of nitrogens with one attached hydrogen (secondary N) is 1. The summed E-state index contributed by atoms with van der Waals surface area (Å²) in [7, 11) is 0. The predicted octanol–water partition coefficient (Wildman–Crippen LogP) is 7.59. The molecule has 1 aromatic heterocycles. The minimum absolute atomic E-state index is 0.245. The molecule has 4 nitrogen and oxygen atoms in total. The Morgan fingerprint density at radius 3 is 2.45 bits per heavy atom. The number of hydrogen-bond acceptors (Lipinski definition) is 4. The fourth-order valence-corrected chi connectivity index (χ4v) is 5.46. The predicted molar refractivity (Wildman–Crippen MR) is 154 cm³/mol. The van der Waals surface area contributed by atoms with Gasteiger partial charge in [0.25, 0.3) is 0 Å². The lowest BCUT2D eigenvalue weighted by atomic mass is 9.91. The highest BCUT2D eigenvalue weighted by Gasteiger charge is 2.28. The normalized spacial score (nSPS) is 17.2. The molecule has 0 unspecified atom stereocenters. The highest BCUT2D eigenvalue weighted by atomic mass is 19.1. The lowest BCUT2D eigenvalue weighted by molar-refractivity contribution is 0.110. The summed E-state index contributed by atoms with van der Waals surface area (Å²) in [6, 6.07) is 18.2. The fourth-order valence-electron chi connectivity index (χ4n) is 5.46. The number of rotatable bonds is 15. The zero-order valence-electron chi connectivity index (χ0n) is 23.2. The van der Waals surface area contributed by atoms with Gasteiger partial charge in [-0.1, -0.05) is 63.3 Å². The maximum absolute atomic E-state index is 13.3. The van der Waals surface area contributed by atoms with Crippen molar-refractivity contribution in [2.24, 2.45) is 0 Å². The van der Waals surface area contributed by atoms with E-state index in [9.17, 15) is 4.39 Å². The highest BCUT2D eigenvalue weighted by Crippen LogP contribution is 2.28. The van der Waals surface area contributed by atoms with Crippen LogP contribution in [0.15, 0.2) is 54.6 Å². The average Bonchev–Trinajstić information content (AvgIpc) is 3.41. The van der Waals surface area contributed by atoms with Crippen molar-refractivity contribution < 1.29 is 9.13 Å². The van der Waals surface area contributed by atoms with Crippen LogP contribution in [-0.2, 0) is 17.6 Å². The summed E-state index contributed by atoms with van der Waals surface area (Å²) < 4.78 is 19.4. The minimum atomic E-state index is -0.245. The highest BCUT2D eigenvalue weighted by molar-refractivity contribution is 5.59. The van der Waals surface area contributed by atoms with Gasteiger partial charge in [-0.05, 0) is 92.6 Å². The van der Waals surface area contributed by atoms with E-state index in [1.807, 2.05) is 6.92 Å². The number of benzene rings is 2. The number of unbranched alkanes of at least 4 members (excludes halogenated alkanes) is 5. The molecule has 0 saturated carbocycles. The lowest BCUT2D eigenvalue weighted by Crippen LogP contribution is -2.31. The first-order chi connectivity index (χ1) is 18.6. The molecule has 1 aliphatic heterocycles. The first kappa shape index (κ1) is 28.4. The summed E-state index contributed by atoms with van der Waals surface area (Å²) in [5.74, 6) is 0.272. The Balaban J connectivity index is 1.19. The van der Waals surface area contributed by atoms with E-state index in [0.717, 1.165) is 49.6 Å². The Morgan fingerprint density at radius 2 is 1.66 bits per heavy atom. The molecular weight excluding hydrogens is 473 g/mol. The number of halogens is 1. The Kier molecular flexibility index (Phi) is 11.3.